The molecule has 8 N–H and O–H groups in total. The lowest BCUT2D eigenvalue weighted by Crippen LogP contribution is -1.91. The summed E-state index contributed by atoms with van der Waals surface area (Å²) in [4.78, 5) is 0. The van der Waals surface area contributed by atoms with E-state index in [9.17, 15) is 40.9 Å². The topological polar surface area (TPSA) is 162 Å². The molecule has 0 aliphatic heterocycles. The Morgan fingerprint density at radius 1 is 0.265 bits per heavy atom. The van der Waals surface area contributed by atoms with E-state index in [2.05, 4.69) is 0 Å². The van der Waals surface area contributed by atoms with E-state index in [0.29, 0.717) is 16.2 Å². The maximum absolute atomic E-state index is 11.1. The van der Waals surface area contributed by atoms with Gasteiger partial charge in [-0.15, -0.1) is 0 Å². The van der Waals surface area contributed by atoms with Crippen molar-refractivity contribution in [1.82, 2.24) is 0 Å². The second kappa shape index (κ2) is 6.29. The molecule has 0 spiro atoms. The minimum atomic E-state index is -1.00. The van der Waals surface area contributed by atoms with Gasteiger partial charge in [-0.1, -0.05) is 48.5 Å². The first-order valence-corrected chi connectivity index (χ1v) is 10.2. The molecule has 0 aliphatic rings. The highest BCUT2D eigenvalue weighted by Gasteiger charge is 2.29. The van der Waals surface area contributed by atoms with E-state index in [-0.39, 0.29) is 37.7 Å². The van der Waals surface area contributed by atoms with Crippen LogP contribution in [0.5, 0.6) is 46.0 Å². The molecule has 0 saturated carbocycles. The van der Waals surface area contributed by atoms with Crippen molar-refractivity contribution in [2.75, 3.05) is 0 Å². The molecule has 0 amide bonds. The largest absolute Gasteiger partial charge is 0.504 e. The summed E-state index contributed by atoms with van der Waals surface area (Å²) in [6.45, 7) is 0. The molecule has 0 radical (unpaired) electrons. The van der Waals surface area contributed by atoms with Gasteiger partial charge in [0.25, 0.3) is 0 Å². The smallest absolute Gasteiger partial charge is 0.204 e. The van der Waals surface area contributed by atoms with Crippen LogP contribution in [0.15, 0.2) is 48.5 Å². The third-order valence-electron chi connectivity index (χ3n) is 6.47. The summed E-state index contributed by atoms with van der Waals surface area (Å²) >= 11 is 0. The van der Waals surface area contributed by atoms with Crippen molar-refractivity contribution in [3.8, 4) is 46.0 Å². The zero-order chi connectivity index (χ0) is 24.0. The van der Waals surface area contributed by atoms with Gasteiger partial charge in [0.1, 0.15) is 0 Å². The Balaban J connectivity index is 2.15. The summed E-state index contributed by atoms with van der Waals surface area (Å²) in [6.07, 6.45) is 0. The third-order valence-corrected chi connectivity index (χ3v) is 6.47. The maximum atomic E-state index is 11.1. The van der Waals surface area contributed by atoms with Crippen LogP contribution in [0.3, 0.4) is 0 Å². The Morgan fingerprint density at radius 3 is 1.18 bits per heavy atom. The van der Waals surface area contributed by atoms with Crippen LogP contribution >= 0.6 is 0 Å². The highest BCUT2D eigenvalue weighted by molar-refractivity contribution is 6.40. The van der Waals surface area contributed by atoms with Crippen LogP contribution < -0.4 is 0 Å². The van der Waals surface area contributed by atoms with Gasteiger partial charge in [-0.3, -0.25) is 0 Å². The van der Waals surface area contributed by atoms with Crippen molar-refractivity contribution < 1.29 is 40.9 Å². The molecule has 0 heterocycles. The first-order chi connectivity index (χ1) is 16.3. The highest BCUT2D eigenvalue weighted by atomic mass is 16.3. The van der Waals surface area contributed by atoms with Gasteiger partial charge in [-0.25, -0.2) is 0 Å². The second-order valence-corrected chi connectivity index (χ2v) is 8.13. The SMILES string of the molecule is Oc1c(O)c(O)c2c(c1O)c1ccccc1c1c2c(O)c(O)c2c(O)c(O)c3ccccc3c21. The molecule has 6 rings (SSSR count). The molecular weight excluding hydrogens is 440 g/mol. The van der Waals surface area contributed by atoms with Crippen LogP contribution in [0.25, 0.3) is 53.9 Å². The van der Waals surface area contributed by atoms with Crippen molar-refractivity contribution in [2.45, 2.75) is 0 Å². The number of rotatable bonds is 0. The summed E-state index contributed by atoms with van der Waals surface area (Å²) in [7, 11) is 0. The van der Waals surface area contributed by atoms with Gasteiger partial charge < -0.3 is 40.9 Å². The van der Waals surface area contributed by atoms with Crippen LogP contribution in [0.2, 0.25) is 0 Å². The molecule has 34 heavy (non-hydrogen) atoms. The number of hydrogen-bond donors (Lipinski definition) is 8. The van der Waals surface area contributed by atoms with Gasteiger partial charge in [-0.2, -0.15) is 0 Å². The van der Waals surface area contributed by atoms with E-state index >= 15 is 0 Å². The van der Waals surface area contributed by atoms with E-state index in [1.54, 1.807) is 48.5 Å². The Bertz CT molecular complexity index is 1890. The quantitative estimate of drug-likeness (QED) is 0.0890. The van der Waals surface area contributed by atoms with Crippen molar-refractivity contribution in [3.05, 3.63) is 48.5 Å². The average molecular weight is 456 g/mol. The molecular formula is C26H16O8. The van der Waals surface area contributed by atoms with Crippen LogP contribution in [-0.4, -0.2) is 40.9 Å². The van der Waals surface area contributed by atoms with E-state index in [4.69, 9.17) is 0 Å². The lowest BCUT2D eigenvalue weighted by atomic mass is 9.86. The van der Waals surface area contributed by atoms with E-state index in [0.717, 1.165) is 0 Å². The zero-order valence-corrected chi connectivity index (χ0v) is 17.2. The Labute approximate surface area is 189 Å². The van der Waals surface area contributed by atoms with Crippen LogP contribution in [0, 0.1) is 0 Å². The third kappa shape index (κ3) is 2.11. The molecule has 8 nitrogen and oxygen atoms in total. The molecule has 0 fully saturated rings. The Hall–Kier alpha value is -4.98. The zero-order valence-electron chi connectivity index (χ0n) is 17.2. The van der Waals surface area contributed by atoms with Gasteiger partial charge in [-0.05, 0) is 16.2 Å². The van der Waals surface area contributed by atoms with Crippen molar-refractivity contribution in [2.24, 2.45) is 0 Å². The van der Waals surface area contributed by atoms with Gasteiger partial charge in [0, 0.05) is 32.3 Å². The molecule has 0 unspecified atom stereocenters. The average Bonchev–Trinajstić information content (AvgIpc) is 2.85. The number of fused-ring (bicyclic) bond motifs is 10. The van der Waals surface area contributed by atoms with E-state index < -0.39 is 46.0 Å². The summed E-state index contributed by atoms with van der Waals surface area (Å²) < 4.78 is 0. The lowest BCUT2D eigenvalue weighted by molar-refractivity contribution is 0.351. The van der Waals surface area contributed by atoms with Gasteiger partial charge in [0.2, 0.25) is 11.5 Å². The molecule has 6 aromatic rings. The number of hydrogen-bond acceptors (Lipinski definition) is 8. The molecule has 0 bridgehead atoms. The molecule has 168 valence electrons. The molecule has 0 saturated heterocycles. The monoisotopic (exact) mass is 456 g/mol. The summed E-state index contributed by atoms with van der Waals surface area (Å²) in [5.74, 6) is -6.14. The summed E-state index contributed by atoms with van der Waals surface area (Å²) in [6, 6.07) is 13.3. The fourth-order valence-corrected chi connectivity index (χ4v) is 5.01. The van der Waals surface area contributed by atoms with Gasteiger partial charge in [0.05, 0.1) is 5.39 Å². The van der Waals surface area contributed by atoms with Crippen LogP contribution in [0.1, 0.15) is 0 Å². The predicted molar refractivity (Wildman–Crippen MR) is 127 cm³/mol. The molecule has 0 atom stereocenters. The van der Waals surface area contributed by atoms with Crippen LogP contribution in [0.4, 0.5) is 0 Å². The maximum Gasteiger partial charge on any atom is 0.204 e. The van der Waals surface area contributed by atoms with Gasteiger partial charge in [0.15, 0.2) is 34.5 Å². The van der Waals surface area contributed by atoms with Crippen LogP contribution in [-0.2, 0) is 0 Å². The second-order valence-electron chi connectivity index (χ2n) is 8.13. The van der Waals surface area contributed by atoms with Crippen molar-refractivity contribution in [3.63, 3.8) is 0 Å². The van der Waals surface area contributed by atoms with E-state index in [1.807, 2.05) is 0 Å². The number of benzene rings is 6. The fourth-order valence-electron chi connectivity index (χ4n) is 5.01. The fraction of sp³-hybridized carbons (Fsp3) is 0. The standard InChI is InChI=1S/C26H16O8/c27-19-12-8-4-3-7-11(12)14-13-9-5-1-2-6-10(9)15-17(22(30)26(34)25(33)20(15)28)16(13)21(29)24(32)18(14)23(19)31/h1-8,27-34H. The van der Waals surface area contributed by atoms with Gasteiger partial charge >= 0.3 is 0 Å². The number of phenolic OH excluding ortho intramolecular Hbond substituents is 8. The minimum Gasteiger partial charge on any atom is -0.504 e. The van der Waals surface area contributed by atoms with E-state index in [1.165, 1.54) is 0 Å². The Kier molecular flexibility index (Phi) is 3.64. The molecule has 0 aromatic heterocycles. The van der Waals surface area contributed by atoms with Crippen molar-refractivity contribution >= 4 is 53.9 Å². The normalized spacial score (nSPS) is 11.9. The highest BCUT2D eigenvalue weighted by Crippen LogP contribution is 2.59. The molecule has 6 aromatic carbocycles. The molecule has 0 aliphatic carbocycles. The summed E-state index contributed by atoms with van der Waals surface area (Å²) in [5.41, 5.74) is 0. The number of aromatic hydroxyl groups is 8. The number of phenols is 8. The minimum absolute atomic E-state index is 0.0581. The molecule has 8 heteroatoms. The summed E-state index contributed by atoms with van der Waals surface area (Å²) in [5, 5.41) is 86.9. The first-order valence-electron chi connectivity index (χ1n) is 10.2. The predicted octanol–water partition coefficient (Wildman–Crippen LogP) is 5.10. The lowest BCUT2D eigenvalue weighted by Gasteiger charge is -2.20. The Morgan fingerprint density at radius 2 is 0.588 bits per heavy atom. The first kappa shape index (κ1) is 19.7. The van der Waals surface area contributed by atoms with Crippen molar-refractivity contribution in [1.29, 1.82) is 0 Å².